The van der Waals surface area contributed by atoms with Gasteiger partial charge in [0, 0.05) is 5.92 Å². The molecule has 72 valence electrons. The van der Waals surface area contributed by atoms with Gasteiger partial charge in [0.05, 0.1) is 12.7 Å². The summed E-state index contributed by atoms with van der Waals surface area (Å²) < 4.78 is 4.74. The zero-order valence-electron chi connectivity index (χ0n) is 6.79. The molecule has 2 unspecified atom stereocenters. The monoisotopic (exact) mass is 178 g/mol. The number of ether oxygens (including phenoxy) is 1. The third-order valence-electron chi connectivity index (χ3n) is 2.24. The lowest BCUT2D eigenvalue weighted by atomic mass is 9.91. The third-order valence-corrected chi connectivity index (χ3v) is 2.24. The van der Waals surface area contributed by atoms with Crippen molar-refractivity contribution in [2.75, 3.05) is 6.61 Å². The smallest absolute Gasteiger partial charge is 0.181 e. The van der Waals surface area contributed by atoms with Crippen molar-refractivity contribution in [1.82, 2.24) is 0 Å². The summed E-state index contributed by atoms with van der Waals surface area (Å²) in [6.07, 6.45) is -4.16. The Labute approximate surface area is 70.2 Å². The maximum Gasteiger partial charge on any atom is 0.181 e. The fraction of sp³-hybridized carbons (Fsp3) is 1.00. The van der Waals surface area contributed by atoms with Gasteiger partial charge in [0.25, 0.3) is 0 Å². The van der Waals surface area contributed by atoms with Crippen molar-refractivity contribution in [3.63, 3.8) is 0 Å². The van der Waals surface area contributed by atoms with Crippen LogP contribution in [-0.2, 0) is 4.74 Å². The molecule has 5 atom stereocenters. The van der Waals surface area contributed by atoms with E-state index in [1.165, 1.54) is 0 Å². The van der Waals surface area contributed by atoms with Gasteiger partial charge < -0.3 is 25.2 Å². The fourth-order valence-corrected chi connectivity index (χ4v) is 1.29. The van der Waals surface area contributed by atoms with Gasteiger partial charge in [-0.05, 0) is 0 Å². The molecule has 0 amide bonds. The van der Waals surface area contributed by atoms with Gasteiger partial charge in [0.1, 0.15) is 12.2 Å². The lowest BCUT2D eigenvalue weighted by Gasteiger charge is -2.38. The highest BCUT2D eigenvalue weighted by molar-refractivity contribution is 4.85. The van der Waals surface area contributed by atoms with Crippen LogP contribution in [0.2, 0.25) is 0 Å². The van der Waals surface area contributed by atoms with Crippen LogP contribution in [0.25, 0.3) is 0 Å². The predicted molar refractivity (Wildman–Crippen MR) is 39.1 cm³/mol. The molecular weight excluding hydrogens is 164 g/mol. The molecule has 0 aromatic carbocycles. The number of hydrogen-bond acceptors (Lipinski definition) is 5. The first-order valence-corrected chi connectivity index (χ1v) is 3.88. The van der Waals surface area contributed by atoms with E-state index in [1.54, 1.807) is 6.92 Å². The highest BCUT2D eigenvalue weighted by atomic mass is 16.6. The van der Waals surface area contributed by atoms with Crippen LogP contribution in [0.5, 0.6) is 0 Å². The Hall–Kier alpha value is -0.200. The van der Waals surface area contributed by atoms with E-state index >= 15 is 0 Å². The topological polar surface area (TPSA) is 90.2 Å². The summed E-state index contributed by atoms with van der Waals surface area (Å²) in [5.41, 5.74) is 0. The van der Waals surface area contributed by atoms with Crippen LogP contribution in [0, 0.1) is 5.92 Å². The quantitative estimate of drug-likeness (QED) is 0.375. The van der Waals surface area contributed by atoms with E-state index in [2.05, 4.69) is 0 Å². The van der Waals surface area contributed by atoms with Crippen molar-refractivity contribution in [3.8, 4) is 0 Å². The standard InChI is InChI=1S/C7H14O5/c1-3-5(9)4(2-8)12-7(11)6(3)10/h3-11H,2H2,1H3/t3-,4?,5-,6?,7+/m0/s1. The summed E-state index contributed by atoms with van der Waals surface area (Å²) in [5.74, 6) is -0.495. The number of rotatable bonds is 1. The summed E-state index contributed by atoms with van der Waals surface area (Å²) in [6, 6.07) is 0. The second kappa shape index (κ2) is 3.68. The van der Waals surface area contributed by atoms with E-state index in [-0.39, 0.29) is 6.61 Å². The molecule has 0 radical (unpaired) electrons. The van der Waals surface area contributed by atoms with Crippen molar-refractivity contribution >= 4 is 0 Å². The molecule has 0 aromatic rings. The third kappa shape index (κ3) is 1.60. The van der Waals surface area contributed by atoms with E-state index in [0.29, 0.717) is 0 Å². The van der Waals surface area contributed by atoms with E-state index in [1.807, 2.05) is 0 Å². The Morgan fingerprint density at radius 3 is 2.25 bits per heavy atom. The van der Waals surface area contributed by atoms with Gasteiger partial charge in [-0.3, -0.25) is 0 Å². The largest absolute Gasteiger partial charge is 0.394 e. The SMILES string of the molecule is C[C@@H]1C(O)[C@H](O)OC(CO)[C@H]1O. The normalized spacial score (nSPS) is 49.2. The molecular formula is C7H14O5. The van der Waals surface area contributed by atoms with Crippen LogP contribution >= 0.6 is 0 Å². The molecule has 0 spiro atoms. The second-order valence-electron chi connectivity index (χ2n) is 3.09. The molecule has 1 aliphatic heterocycles. The van der Waals surface area contributed by atoms with Crippen LogP contribution in [-0.4, -0.2) is 51.6 Å². The number of aliphatic hydroxyl groups excluding tert-OH is 4. The minimum atomic E-state index is -1.32. The average Bonchev–Trinajstić information content (AvgIpc) is 2.08. The molecule has 1 saturated heterocycles. The Balaban J connectivity index is 2.63. The van der Waals surface area contributed by atoms with E-state index < -0.39 is 30.5 Å². The second-order valence-corrected chi connectivity index (χ2v) is 3.09. The molecule has 5 heteroatoms. The fourth-order valence-electron chi connectivity index (χ4n) is 1.29. The van der Waals surface area contributed by atoms with Gasteiger partial charge in [0.15, 0.2) is 6.29 Å². The molecule has 12 heavy (non-hydrogen) atoms. The van der Waals surface area contributed by atoms with Gasteiger partial charge in [-0.2, -0.15) is 0 Å². The molecule has 0 aliphatic carbocycles. The highest BCUT2D eigenvalue weighted by Crippen LogP contribution is 2.24. The number of hydrogen-bond donors (Lipinski definition) is 4. The van der Waals surface area contributed by atoms with Crippen LogP contribution in [0.4, 0.5) is 0 Å². The Bertz CT molecular complexity index is 146. The van der Waals surface area contributed by atoms with Crippen molar-refractivity contribution in [1.29, 1.82) is 0 Å². The van der Waals surface area contributed by atoms with Gasteiger partial charge in [0.2, 0.25) is 0 Å². The van der Waals surface area contributed by atoms with Gasteiger partial charge >= 0.3 is 0 Å². The summed E-state index contributed by atoms with van der Waals surface area (Å²) >= 11 is 0. The molecule has 1 rings (SSSR count). The van der Waals surface area contributed by atoms with Crippen molar-refractivity contribution < 1.29 is 25.2 Å². The molecule has 0 bridgehead atoms. The zero-order chi connectivity index (χ0) is 9.30. The maximum absolute atomic E-state index is 9.37. The minimum Gasteiger partial charge on any atom is -0.394 e. The summed E-state index contributed by atoms with van der Waals surface area (Å²) in [7, 11) is 0. The first-order valence-electron chi connectivity index (χ1n) is 3.88. The van der Waals surface area contributed by atoms with Gasteiger partial charge in [-0.25, -0.2) is 0 Å². The zero-order valence-corrected chi connectivity index (χ0v) is 6.79. The molecule has 1 fully saturated rings. The van der Waals surface area contributed by atoms with Crippen molar-refractivity contribution in [2.24, 2.45) is 5.92 Å². The minimum absolute atomic E-state index is 0.366. The first-order chi connectivity index (χ1) is 5.57. The Morgan fingerprint density at radius 2 is 1.75 bits per heavy atom. The number of aliphatic hydroxyl groups is 4. The van der Waals surface area contributed by atoms with Crippen LogP contribution in [0.3, 0.4) is 0 Å². The average molecular weight is 178 g/mol. The lowest BCUT2D eigenvalue weighted by Crippen LogP contribution is -2.54. The van der Waals surface area contributed by atoms with Crippen molar-refractivity contribution in [3.05, 3.63) is 0 Å². The van der Waals surface area contributed by atoms with Gasteiger partial charge in [-0.1, -0.05) is 6.92 Å². The van der Waals surface area contributed by atoms with Gasteiger partial charge in [-0.15, -0.1) is 0 Å². The summed E-state index contributed by atoms with van der Waals surface area (Å²) in [5, 5.41) is 36.4. The lowest BCUT2D eigenvalue weighted by molar-refractivity contribution is -0.271. The molecule has 5 nitrogen and oxygen atoms in total. The molecule has 0 saturated carbocycles. The molecule has 4 N–H and O–H groups in total. The van der Waals surface area contributed by atoms with Crippen LogP contribution < -0.4 is 0 Å². The van der Waals surface area contributed by atoms with Crippen LogP contribution in [0.1, 0.15) is 6.92 Å². The Morgan fingerprint density at radius 1 is 1.17 bits per heavy atom. The van der Waals surface area contributed by atoms with E-state index in [0.717, 1.165) is 0 Å². The molecule has 0 aromatic heterocycles. The highest BCUT2D eigenvalue weighted by Gasteiger charge is 2.40. The molecule has 1 heterocycles. The molecule has 1 aliphatic rings. The Kier molecular flexibility index (Phi) is 3.03. The summed E-state index contributed by atoms with van der Waals surface area (Å²) in [6.45, 7) is 1.22. The van der Waals surface area contributed by atoms with Crippen LogP contribution in [0.15, 0.2) is 0 Å². The van der Waals surface area contributed by atoms with E-state index in [4.69, 9.17) is 14.9 Å². The maximum atomic E-state index is 9.37. The predicted octanol–water partition coefficient (Wildman–Crippen LogP) is -1.95. The van der Waals surface area contributed by atoms with E-state index in [9.17, 15) is 10.2 Å². The summed E-state index contributed by atoms with van der Waals surface area (Å²) in [4.78, 5) is 0. The first kappa shape index (κ1) is 9.88. The van der Waals surface area contributed by atoms with Crippen molar-refractivity contribution in [2.45, 2.75) is 31.5 Å².